The number of anilines is 1. The molecule has 0 atom stereocenters. The number of benzene rings is 1. The van der Waals surface area contributed by atoms with Gasteiger partial charge in [0.1, 0.15) is 0 Å². The summed E-state index contributed by atoms with van der Waals surface area (Å²) in [6.07, 6.45) is 0. The molecule has 0 unspecified atom stereocenters. The Bertz CT molecular complexity index is 429. The smallest absolute Gasteiger partial charge is 0.336 e. The lowest BCUT2D eigenvalue weighted by atomic mass is 10.1. The van der Waals surface area contributed by atoms with Gasteiger partial charge in [-0.25, -0.2) is 4.79 Å². The summed E-state index contributed by atoms with van der Waals surface area (Å²) in [5.74, 6) is -0.849. The third kappa shape index (κ3) is 3.15. The van der Waals surface area contributed by atoms with Crippen molar-refractivity contribution >= 4 is 24.1 Å². The SMILES string of the molecule is Cc1ccc(N2CCN(C)CC2)cc1C(=O)O.Cl. The van der Waals surface area contributed by atoms with Gasteiger partial charge in [0.05, 0.1) is 5.56 Å². The van der Waals surface area contributed by atoms with Gasteiger partial charge in [-0.3, -0.25) is 0 Å². The molecule has 5 heteroatoms. The number of aromatic carboxylic acids is 1. The molecule has 0 aliphatic carbocycles. The van der Waals surface area contributed by atoms with Crippen LogP contribution in [0, 0.1) is 6.92 Å². The maximum atomic E-state index is 11.1. The molecule has 100 valence electrons. The van der Waals surface area contributed by atoms with Crippen molar-refractivity contribution in [3.05, 3.63) is 29.3 Å². The zero-order chi connectivity index (χ0) is 12.4. The van der Waals surface area contributed by atoms with Crippen molar-refractivity contribution in [3.8, 4) is 0 Å². The van der Waals surface area contributed by atoms with Crippen molar-refractivity contribution in [2.45, 2.75) is 6.92 Å². The summed E-state index contributed by atoms with van der Waals surface area (Å²) in [4.78, 5) is 15.6. The second-order valence-electron chi connectivity index (χ2n) is 4.59. The van der Waals surface area contributed by atoms with E-state index in [0.29, 0.717) is 5.56 Å². The first-order valence-electron chi connectivity index (χ1n) is 5.85. The number of piperazine rings is 1. The van der Waals surface area contributed by atoms with E-state index >= 15 is 0 Å². The molecular formula is C13H19ClN2O2. The summed E-state index contributed by atoms with van der Waals surface area (Å²) < 4.78 is 0. The number of hydrogen-bond acceptors (Lipinski definition) is 3. The van der Waals surface area contributed by atoms with Crippen LogP contribution in [-0.4, -0.2) is 49.2 Å². The van der Waals surface area contributed by atoms with Crippen LogP contribution in [0.2, 0.25) is 0 Å². The van der Waals surface area contributed by atoms with Crippen LogP contribution in [0.25, 0.3) is 0 Å². The van der Waals surface area contributed by atoms with E-state index in [4.69, 9.17) is 5.11 Å². The molecule has 0 spiro atoms. The molecule has 2 rings (SSSR count). The van der Waals surface area contributed by atoms with Gasteiger partial charge in [-0.1, -0.05) is 6.07 Å². The molecule has 0 radical (unpaired) electrons. The minimum Gasteiger partial charge on any atom is -0.478 e. The molecule has 0 aromatic heterocycles. The molecule has 0 amide bonds. The quantitative estimate of drug-likeness (QED) is 0.891. The highest BCUT2D eigenvalue weighted by Crippen LogP contribution is 2.20. The van der Waals surface area contributed by atoms with Crippen LogP contribution in [0.5, 0.6) is 0 Å². The fourth-order valence-electron chi connectivity index (χ4n) is 2.10. The number of rotatable bonds is 2. The third-order valence-electron chi connectivity index (χ3n) is 3.32. The maximum Gasteiger partial charge on any atom is 0.336 e. The van der Waals surface area contributed by atoms with E-state index in [2.05, 4.69) is 16.8 Å². The first kappa shape index (κ1) is 14.8. The molecule has 1 saturated heterocycles. The van der Waals surface area contributed by atoms with Crippen LogP contribution in [0.1, 0.15) is 15.9 Å². The summed E-state index contributed by atoms with van der Waals surface area (Å²) >= 11 is 0. The van der Waals surface area contributed by atoms with Gasteiger partial charge in [0.25, 0.3) is 0 Å². The van der Waals surface area contributed by atoms with Crippen LogP contribution in [-0.2, 0) is 0 Å². The topological polar surface area (TPSA) is 43.8 Å². The number of nitrogens with zero attached hydrogens (tertiary/aromatic N) is 2. The minimum absolute atomic E-state index is 0. The standard InChI is InChI=1S/C13H18N2O2.ClH/c1-10-3-4-11(9-12(10)13(16)17)15-7-5-14(2)6-8-15;/h3-4,9H,5-8H2,1-2H3,(H,16,17);1H. The summed E-state index contributed by atoms with van der Waals surface area (Å²) in [5.41, 5.74) is 2.23. The molecule has 1 aromatic carbocycles. The molecule has 1 aromatic rings. The monoisotopic (exact) mass is 270 g/mol. The summed E-state index contributed by atoms with van der Waals surface area (Å²) in [6.45, 7) is 5.79. The Labute approximate surface area is 114 Å². The molecule has 18 heavy (non-hydrogen) atoms. The van der Waals surface area contributed by atoms with Crippen molar-refractivity contribution in [2.75, 3.05) is 38.1 Å². The second-order valence-corrected chi connectivity index (χ2v) is 4.59. The summed E-state index contributed by atoms with van der Waals surface area (Å²) in [6, 6.07) is 5.67. The van der Waals surface area contributed by atoms with Gasteiger partial charge in [-0.2, -0.15) is 0 Å². The normalized spacial score (nSPS) is 16.2. The summed E-state index contributed by atoms with van der Waals surface area (Å²) in [7, 11) is 2.11. The second kappa shape index (κ2) is 6.07. The fraction of sp³-hybridized carbons (Fsp3) is 0.462. The Morgan fingerprint density at radius 3 is 2.39 bits per heavy atom. The lowest BCUT2D eigenvalue weighted by molar-refractivity contribution is 0.0696. The fourth-order valence-corrected chi connectivity index (χ4v) is 2.10. The van der Waals surface area contributed by atoms with Crippen molar-refractivity contribution in [1.82, 2.24) is 4.90 Å². The van der Waals surface area contributed by atoms with Gasteiger partial charge < -0.3 is 14.9 Å². The molecule has 1 fully saturated rings. The van der Waals surface area contributed by atoms with Crippen LogP contribution >= 0.6 is 12.4 Å². The van der Waals surface area contributed by atoms with Crippen LogP contribution in [0.15, 0.2) is 18.2 Å². The van der Waals surface area contributed by atoms with Gasteiger partial charge in [-0.15, -0.1) is 12.4 Å². The Kier molecular flexibility index (Phi) is 4.99. The number of carboxylic acids is 1. The highest BCUT2D eigenvalue weighted by Gasteiger charge is 2.16. The Balaban J connectivity index is 0.00000162. The predicted molar refractivity (Wildman–Crippen MR) is 75.1 cm³/mol. The van der Waals surface area contributed by atoms with Gasteiger partial charge in [-0.05, 0) is 31.7 Å². The highest BCUT2D eigenvalue weighted by molar-refractivity contribution is 5.90. The lowest BCUT2D eigenvalue weighted by Gasteiger charge is -2.34. The van der Waals surface area contributed by atoms with E-state index in [9.17, 15) is 4.79 Å². The molecule has 1 heterocycles. The van der Waals surface area contributed by atoms with Crippen molar-refractivity contribution in [2.24, 2.45) is 0 Å². The Morgan fingerprint density at radius 1 is 1.22 bits per heavy atom. The maximum absolute atomic E-state index is 11.1. The molecule has 1 N–H and O–H groups in total. The van der Waals surface area contributed by atoms with Gasteiger partial charge in [0.15, 0.2) is 0 Å². The van der Waals surface area contributed by atoms with Crippen molar-refractivity contribution in [3.63, 3.8) is 0 Å². The number of halogens is 1. The number of likely N-dealkylation sites (N-methyl/N-ethyl adjacent to an activating group) is 1. The van der Waals surface area contributed by atoms with Gasteiger partial charge >= 0.3 is 5.97 Å². The van der Waals surface area contributed by atoms with Gasteiger partial charge in [0, 0.05) is 31.9 Å². The molecular weight excluding hydrogens is 252 g/mol. The minimum atomic E-state index is -0.849. The third-order valence-corrected chi connectivity index (χ3v) is 3.32. The number of aryl methyl sites for hydroxylation is 1. The van der Waals surface area contributed by atoms with Crippen molar-refractivity contribution in [1.29, 1.82) is 0 Å². The molecule has 0 saturated carbocycles. The predicted octanol–water partition coefficient (Wildman–Crippen LogP) is 1.87. The highest BCUT2D eigenvalue weighted by atomic mass is 35.5. The van der Waals surface area contributed by atoms with E-state index in [1.807, 2.05) is 19.1 Å². The Morgan fingerprint density at radius 2 is 1.83 bits per heavy atom. The van der Waals surface area contributed by atoms with E-state index in [1.165, 1.54) is 0 Å². The average molecular weight is 271 g/mol. The van der Waals surface area contributed by atoms with E-state index < -0.39 is 5.97 Å². The number of hydrogen-bond donors (Lipinski definition) is 1. The van der Waals surface area contributed by atoms with Crippen LogP contribution in [0.3, 0.4) is 0 Å². The average Bonchev–Trinajstić information content (AvgIpc) is 2.30. The number of carboxylic acid groups (broad SMARTS) is 1. The van der Waals surface area contributed by atoms with Crippen LogP contribution in [0.4, 0.5) is 5.69 Å². The molecule has 0 bridgehead atoms. The molecule has 4 nitrogen and oxygen atoms in total. The van der Waals surface area contributed by atoms with Crippen molar-refractivity contribution < 1.29 is 9.90 Å². The first-order valence-corrected chi connectivity index (χ1v) is 5.85. The van der Waals surface area contributed by atoms with E-state index in [0.717, 1.165) is 37.4 Å². The van der Waals surface area contributed by atoms with E-state index in [1.54, 1.807) is 6.07 Å². The molecule has 1 aliphatic rings. The van der Waals surface area contributed by atoms with Gasteiger partial charge in [0.2, 0.25) is 0 Å². The first-order chi connectivity index (χ1) is 8.08. The molecule has 1 aliphatic heterocycles. The largest absolute Gasteiger partial charge is 0.478 e. The van der Waals surface area contributed by atoms with Crippen LogP contribution < -0.4 is 4.90 Å². The zero-order valence-electron chi connectivity index (χ0n) is 10.7. The lowest BCUT2D eigenvalue weighted by Crippen LogP contribution is -2.44. The number of carbonyl (C=O) groups is 1. The van der Waals surface area contributed by atoms with E-state index in [-0.39, 0.29) is 12.4 Å². The summed E-state index contributed by atoms with van der Waals surface area (Å²) in [5, 5.41) is 9.10. The zero-order valence-corrected chi connectivity index (χ0v) is 11.5. The Hall–Kier alpha value is -1.26.